The van der Waals surface area contributed by atoms with Crippen molar-refractivity contribution in [2.75, 3.05) is 11.5 Å². The molecule has 0 aliphatic heterocycles. The van der Waals surface area contributed by atoms with Crippen molar-refractivity contribution in [3.63, 3.8) is 0 Å². The van der Waals surface area contributed by atoms with Crippen molar-refractivity contribution in [2.24, 2.45) is 0 Å². The molecule has 0 amide bonds. The molecular formula is C14H12N2Na2. The summed E-state index contributed by atoms with van der Waals surface area (Å²) in [5.74, 6) is 0. The van der Waals surface area contributed by atoms with Gasteiger partial charge in [-0.2, -0.15) is 0 Å². The van der Waals surface area contributed by atoms with Gasteiger partial charge >= 0.3 is 144 Å². The fraction of sp³-hybridized carbons (Fsp3) is 0. The van der Waals surface area contributed by atoms with Crippen LogP contribution in [0.4, 0.5) is 11.4 Å². The van der Waals surface area contributed by atoms with E-state index in [9.17, 15) is 0 Å². The molecule has 2 rings (SSSR count). The average Bonchev–Trinajstić information content (AvgIpc) is 2.30. The van der Waals surface area contributed by atoms with Gasteiger partial charge < -0.3 is 0 Å². The Morgan fingerprint density at radius 3 is 1.44 bits per heavy atom. The van der Waals surface area contributed by atoms with E-state index in [-0.39, 0.29) is 0 Å². The molecule has 4 heteroatoms. The van der Waals surface area contributed by atoms with Crippen LogP contribution in [0, 0.1) is 0 Å². The maximum atomic E-state index is 5.77. The van der Waals surface area contributed by atoms with E-state index in [1.807, 2.05) is 12.1 Å². The van der Waals surface area contributed by atoms with Crippen molar-refractivity contribution >= 4 is 85.0 Å². The number of nitrogen functional groups attached to an aromatic ring is 2. The number of benzene rings is 2. The van der Waals surface area contributed by atoms with Gasteiger partial charge in [-0.15, -0.1) is 0 Å². The van der Waals surface area contributed by atoms with Gasteiger partial charge in [0.2, 0.25) is 0 Å². The summed E-state index contributed by atoms with van der Waals surface area (Å²) in [6.45, 7) is 0. The van der Waals surface area contributed by atoms with Crippen LogP contribution in [-0.2, 0) is 0 Å². The summed E-state index contributed by atoms with van der Waals surface area (Å²) in [6.07, 6.45) is 4.32. The molecule has 0 saturated heterocycles. The van der Waals surface area contributed by atoms with E-state index in [0.717, 1.165) is 67.2 Å². The van der Waals surface area contributed by atoms with E-state index < -0.39 is 0 Å². The quantitative estimate of drug-likeness (QED) is 0.468. The molecule has 0 atom stereocenters. The Balaban J connectivity index is 2.30. The Morgan fingerprint density at radius 2 is 1.11 bits per heavy atom. The standard InChI is InChI=1S/C14H12N2.2Na/c15-13-7-3-11(4-8-13)1-2-12-5-9-14(16)10-6-12;;/h1-3,5,7-10H,15-16H2;;. The molecule has 0 aliphatic rings. The summed E-state index contributed by atoms with van der Waals surface area (Å²) in [5.41, 5.74) is 15.7. The van der Waals surface area contributed by atoms with E-state index in [1.165, 1.54) is 16.8 Å². The molecule has 0 radical (unpaired) electrons. The zero-order chi connectivity index (χ0) is 13.1. The van der Waals surface area contributed by atoms with Crippen LogP contribution in [-0.4, -0.2) is 55.9 Å². The van der Waals surface area contributed by atoms with Crippen molar-refractivity contribution in [2.45, 2.75) is 0 Å². The van der Waals surface area contributed by atoms with Crippen LogP contribution in [0.1, 0.15) is 11.1 Å². The predicted octanol–water partition coefficient (Wildman–Crippen LogP) is 0.609. The minimum absolute atomic E-state index is 0.841. The van der Waals surface area contributed by atoms with Crippen LogP contribution in [0.25, 0.3) is 12.2 Å². The van der Waals surface area contributed by atoms with Crippen LogP contribution in [0.15, 0.2) is 36.4 Å². The van der Waals surface area contributed by atoms with Gasteiger partial charge in [-0.05, 0) is 0 Å². The zero-order valence-corrected chi connectivity index (χ0v) is 14.8. The predicted molar refractivity (Wildman–Crippen MR) is 81.4 cm³/mol. The Kier molecular flexibility index (Phi) is 4.96. The summed E-state index contributed by atoms with van der Waals surface area (Å²) in [7, 11) is 0. The molecule has 2 aromatic rings. The third kappa shape index (κ3) is 3.64. The molecule has 0 saturated carbocycles. The molecule has 0 aromatic heterocycles. The first-order valence-corrected chi connectivity index (χ1v) is 7.96. The number of nitrogens with two attached hydrogens (primary N) is 2. The molecule has 4 N–H and O–H groups in total. The molecule has 80 valence electrons. The molecule has 0 heterocycles. The number of hydrogen-bond donors (Lipinski definition) is 2. The third-order valence-corrected chi connectivity index (χ3v) is 4.76. The van der Waals surface area contributed by atoms with Crippen LogP contribution < -0.4 is 17.1 Å². The van der Waals surface area contributed by atoms with Crippen molar-refractivity contribution in [3.8, 4) is 0 Å². The topological polar surface area (TPSA) is 52.0 Å². The normalized spacial score (nSPS) is 11.1. The molecule has 0 fully saturated rings. The number of anilines is 2. The third-order valence-electron chi connectivity index (χ3n) is 3.03. The summed E-state index contributed by atoms with van der Waals surface area (Å²) in [6, 6.07) is 12.2. The van der Waals surface area contributed by atoms with Gasteiger partial charge in [-0.1, -0.05) is 0 Å². The summed E-state index contributed by atoms with van der Waals surface area (Å²) in [5, 5.41) is 0. The van der Waals surface area contributed by atoms with Crippen molar-refractivity contribution in [1.82, 2.24) is 0 Å². The van der Waals surface area contributed by atoms with Crippen LogP contribution in [0.2, 0.25) is 0 Å². The Labute approximate surface area is 142 Å². The molecule has 0 aliphatic carbocycles. The van der Waals surface area contributed by atoms with Gasteiger partial charge in [-0.3, -0.25) is 0 Å². The molecule has 2 aromatic carbocycles. The van der Waals surface area contributed by atoms with Crippen LogP contribution in [0.3, 0.4) is 0 Å². The second-order valence-corrected chi connectivity index (χ2v) is 6.72. The van der Waals surface area contributed by atoms with E-state index in [2.05, 4.69) is 36.4 Å². The van der Waals surface area contributed by atoms with Crippen molar-refractivity contribution in [3.05, 3.63) is 47.5 Å². The fourth-order valence-electron chi connectivity index (χ4n) is 1.95. The zero-order valence-electron chi connectivity index (χ0n) is 10.8. The second-order valence-electron chi connectivity index (χ2n) is 4.57. The van der Waals surface area contributed by atoms with Gasteiger partial charge in [-0.25, -0.2) is 0 Å². The SMILES string of the molecule is Nc1ccc(C=Cc2ccc(N)c[c]2[Na])[c]([Na])c1. The Hall–Kier alpha value is -0.220. The number of rotatable bonds is 2. The van der Waals surface area contributed by atoms with Gasteiger partial charge in [0.15, 0.2) is 0 Å². The fourth-order valence-corrected chi connectivity index (χ4v) is 3.28. The summed E-state index contributed by atoms with van der Waals surface area (Å²) < 4.78 is 2.66. The van der Waals surface area contributed by atoms with Gasteiger partial charge in [0.05, 0.1) is 0 Å². The Morgan fingerprint density at radius 1 is 0.722 bits per heavy atom. The van der Waals surface area contributed by atoms with Crippen molar-refractivity contribution in [1.29, 1.82) is 0 Å². The average molecular weight is 254 g/mol. The first kappa shape index (κ1) is 14.2. The van der Waals surface area contributed by atoms with E-state index >= 15 is 0 Å². The first-order valence-electron chi connectivity index (χ1n) is 5.96. The molecule has 0 unspecified atom stereocenters. The van der Waals surface area contributed by atoms with Gasteiger partial charge in [0.25, 0.3) is 0 Å². The van der Waals surface area contributed by atoms with Crippen molar-refractivity contribution < 1.29 is 0 Å². The molecule has 18 heavy (non-hydrogen) atoms. The van der Waals surface area contributed by atoms with Crippen LogP contribution >= 0.6 is 0 Å². The monoisotopic (exact) mass is 254 g/mol. The first-order chi connectivity index (χ1) is 8.56. The van der Waals surface area contributed by atoms with Gasteiger partial charge in [0.1, 0.15) is 0 Å². The maximum absolute atomic E-state index is 5.77. The second kappa shape index (κ2) is 6.29. The van der Waals surface area contributed by atoms with E-state index in [1.54, 1.807) is 0 Å². The molecule has 0 spiro atoms. The molecule has 0 bridgehead atoms. The van der Waals surface area contributed by atoms with E-state index in [0.29, 0.717) is 0 Å². The van der Waals surface area contributed by atoms with E-state index in [4.69, 9.17) is 11.5 Å². The van der Waals surface area contributed by atoms with Gasteiger partial charge in [0, 0.05) is 0 Å². The minimum atomic E-state index is 0.841. The summed E-state index contributed by atoms with van der Waals surface area (Å²) in [4.78, 5) is 0. The van der Waals surface area contributed by atoms with Crippen LogP contribution in [0.5, 0.6) is 0 Å². The summed E-state index contributed by atoms with van der Waals surface area (Å²) >= 11 is 2.01. The molecular weight excluding hydrogens is 242 g/mol. The molecule has 2 nitrogen and oxygen atoms in total. The number of hydrogen-bond acceptors (Lipinski definition) is 2. The Bertz CT molecular complexity index is 553.